The van der Waals surface area contributed by atoms with E-state index in [0.717, 1.165) is 24.4 Å². The molecule has 6 heteroatoms. The van der Waals surface area contributed by atoms with Gasteiger partial charge in [-0.25, -0.2) is 4.98 Å². The van der Waals surface area contributed by atoms with E-state index in [1.54, 1.807) is 13.2 Å². The van der Waals surface area contributed by atoms with Crippen LogP contribution in [0.4, 0.5) is 11.8 Å². The summed E-state index contributed by atoms with van der Waals surface area (Å²) in [6, 6.07) is 3.79. The van der Waals surface area contributed by atoms with Gasteiger partial charge in [-0.1, -0.05) is 6.92 Å². The number of aryl methyl sites for hydroxylation is 1. The highest BCUT2D eigenvalue weighted by atomic mass is 15.3. The largest absolute Gasteiger partial charge is 0.373 e. The minimum atomic E-state index is 0.260. The van der Waals surface area contributed by atoms with Crippen molar-refractivity contribution in [3.05, 3.63) is 18.3 Å². The second kappa shape index (κ2) is 4.82. The predicted octanol–water partition coefficient (Wildman–Crippen LogP) is 1.37. The van der Waals surface area contributed by atoms with Gasteiger partial charge in [0.15, 0.2) is 0 Å². The summed E-state index contributed by atoms with van der Waals surface area (Å²) in [6.45, 7) is 2.97. The van der Waals surface area contributed by atoms with Crippen LogP contribution >= 0.6 is 0 Å². The molecule has 0 amide bonds. The molecule has 0 bridgehead atoms. The average Bonchev–Trinajstić information content (AvgIpc) is 2.77. The van der Waals surface area contributed by atoms with Crippen LogP contribution in [-0.2, 0) is 6.54 Å². The van der Waals surface area contributed by atoms with Crippen molar-refractivity contribution in [2.45, 2.75) is 19.9 Å². The minimum Gasteiger partial charge on any atom is -0.373 e. The highest BCUT2D eigenvalue weighted by molar-refractivity contribution is 5.60. The molecule has 0 atom stereocenters. The second-order valence-corrected chi connectivity index (χ2v) is 3.69. The summed E-state index contributed by atoms with van der Waals surface area (Å²) in [6.07, 6.45) is 2.79. The predicted molar refractivity (Wildman–Crippen MR) is 67.5 cm³/mol. The van der Waals surface area contributed by atoms with Gasteiger partial charge in [-0.15, -0.1) is 0 Å². The first-order chi connectivity index (χ1) is 8.24. The molecular formula is C11H16N6. The first-order valence-corrected chi connectivity index (χ1v) is 5.59. The summed E-state index contributed by atoms with van der Waals surface area (Å²) < 4.78 is 1.92. The van der Waals surface area contributed by atoms with Crippen molar-refractivity contribution >= 4 is 11.8 Å². The van der Waals surface area contributed by atoms with Gasteiger partial charge in [-0.05, 0) is 12.5 Å². The third kappa shape index (κ3) is 2.35. The van der Waals surface area contributed by atoms with Crippen molar-refractivity contribution in [3.8, 4) is 11.4 Å². The molecule has 2 aromatic rings. The SMILES string of the molecule is CCCn1nccc1-c1cc(NC)nc(N)n1. The number of hydrogen-bond acceptors (Lipinski definition) is 5. The van der Waals surface area contributed by atoms with Crippen molar-refractivity contribution in [1.82, 2.24) is 19.7 Å². The Hall–Kier alpha value is -2.11. The van der Waals surface area contributed by atoms with E-state index < -0.39 is 0 Å². The van der Waals surface area contributed by atoms with Gasteiger partial charge in [0, 0.05) is 25.9 Å². The van der Waals surface area contributed by atoms with Gasteiger partial charge in [-0.3, -0.25) is 4.68 Å². The number of nitrogens with one attached hydrogen (secondary N) is 1. The molecule has 0 aliphatic heterocycles. The molecule has 0 saturated carbocycles. The quantitative estimate of drug-likeness (QED) is 0.832. The number of hydrogen-bond donors (Lipinski definition) is 2. The van der Waals surface area contributed by atoms with Crippen molar-refractivity contribution in [2.75, 3.05) is 18.1 Å². The topological polar surface area (TPSA) is 81.7 Å². The lowest BCUT2D eigenvalue weighted by Gasteiger charge is -2.07. The van der Waals surface area contributed by atoms with Gasteiger partial charge < -0.3 is 11.1 Å². The standard InChI is InChI=1S/C11H16N6/c1-3-6-17-9(4-5-14-17)8-7-10(13-2)16-11(12)15-8/h4-5,7H,3,6H2,1-2H3,(H3,12,13,15,16). The molecule has 0 unspecified atom stereocenters. The molecule has 0 fully saturated rings. The van der Waals surface area contributed by atoms with Crippen LogP contribution in [0.15, 0.2) is 18.3 Å². The maximum Gasteiger partial charge on any atom is 0.222 e. The average molecular weight is 232 g/mol. The summed E-state index contributed by atoms with van der Waals surface area (Å²) in [5.41, 5.74) is 7.41. The van der Waals surface area contributed by atoms with E-state index in [9.17, 15) is 0 Å². The van der Waals surface area contributed by atoms with E-state index in [2.05, 4.69) is 27.3 Å². The Balaban J connectivity index is 2.44. The minimum absolute atomic E-state index is 0.260. The maximum atomic E-state index is 5.67. The Kier molecular flexibility index (Phi) is 3.22. The van der Waals surface area contributed by atoms with Crippen LogP contribution in [0.2, 0.25) is 0 Å². The lowest BCUT2D eigenvalue weighted by Crippen LogP contribution is -2.05. The number of rotatable bonds is 4. The fourth-order valence-electron chi connectivity index (χ4n) is 1.67. The van der Waals surface area contributed by atoms with Crippen molar-refractivity contribution in [3.63, 3.8) is 0 Å². The molecule has 0 radical (unpaired) electrons. The van der Waals surface area contributed by atoms with E-state index in [1.165, 1.54) is 0 Å². The second-order valence-electron chi connectivity index (χ2n) is 3.69. The Morgan fingerprint density at radius 1 is 1.41 bits per heavy atom. The fourth-order valence-corrected chi connectivity index (χ4v) is 1.67. The zero-order chi connectivity index (χ0) is 12.3. The van der Waals surface area contributed by atoms with Crippen molar-refractivity contribution < 1.29 is 0 Å². The van der Waals surface area contributed by atoms with Crippen LogP contribution in [0, 0.1) is 0 Å². The molecule has 0 aromatic carbocycles. The molecule has 3 N–H and O–H groups in total. The molecular weight excluding hydrogens is 216 g/mol. The zero-order valence-corrected chi connectivity index (χ0v) is 10.0. The van der Waals surface area contributed by atoms with Crippen molar-refractivity contribution in [1.29, 1.82) is 0 Å². The lowest BCUT2D eigenvalue weighted by molar-refractivity contribution is 0.608. The lowest BCUT2D eigenvalue weighted by atomic mass is 10.3. The van der Waals surface area contributed by atoms with E-state index in [0.29, 0.717) is 5.82 Å². The Morgan fingerprint density at radius 3 is 2.94 bits per heavy atom. The molecule has 0 saturated heterocycles. The van der Waals surface area contributed by atoms with Gasteiger partial charge >= 0.3 is 0 Å². The summed E-state index contributed by atoms with van der Waals surface area (Å²) in [4.78, 5) is 8.30. The molecule has 2 rings (SSSR count). The van der Waals surface area contributed by atoms with Crippen LogP contribution in [-0.4, -0.2) is 26.8 Å². The van der Waals surface area contributed by atoms with Crippen LogP contribution in [0.25, 0.3) is 11.4 Å². The Labute approximate surface area is 99.9 Å². The molecule has 6 nitrogen and oxygen atoms in total. The molecule has 0 spiro atoms. The summed E-state index contributed by atoms with van der Waals surface area (Å²) in [7, 11) is 1.80. The van der Waals surface area contributed by atoms with Crippen molar-refractivity contribution in [2.24, 2.45) is 0 Å². The number of nitrogens with zero attached hydrogens (tertiary/aromatic N) is 4. The van der Waals surface area contributed by atoms with Gasteiger partial charge in [-0.2, -0.15) is 10.1 Å². The first kappa shape index (κ1) is 11.4. The molecule has 0 aliphatic carbocycles. The molecule has 17 heavy (non-hydrogen) atoms. The van der Waals surface area contributed by atoms with E-state index in [1.807, 2.05) is 16.8 Å². The summed E-state index contributed by atoms with van der Waals surface area (Å²) in [5.74, 6) is 0.966. The smallest absolute Gasteiger partial charge is 0.222 e. The third-order valence-electron chi connectivity index (χ3n) is 2.41. The molecule has 0 aliphatic rings. The molecule has 90 valence electrons. The van der Waals surface area contributed by atoms with Crippen LogP contribution in [0.1, 0.15) is 13.3 Å². The van der Waals surface area contributed by atoms with Crippen LogP contribution in [0.3, 0.4) is 0 Å². The highest BCUT2D eigenvalue weighted by Crippen LogP contribution is 2.20. The van der Waals surface area contributed by atoms with Gasteiger partial charge in [0.05, 0.1) is 11.4 Å². The normalized spacial score (nSPS) is 10.5. The van der Waals surface area contributed by atoms with Gasteiger partial charge in [0.25, 0.3) is 0 Å². The number of nitrogens with two attached hydrogens (primary N) is 1. The van der Waals surface area contributed by atoms with E-state index in [4.69, 9.17) is 5.73 Å². The summed E-state index contributed by atoms with van der Waals surface area (Å²) in [5, 5.41) is 7.22. The van der Waals surface area contributed by atoms with E-state index >= 15 is 0 Å². The molecule has 2 aromatic heterocycles. The van der Waals surface area contributed by atoms with Crippen LogP contribution < -0.4 is 11.1 Å². The number of anilines is 2. The monoisotopic (exact) mass is 232 g/mol. The highest BCUT2D eigenvalue weighted by Gasteiger charge is 2.08. The maximum absolute atomic E-state index is 5.67. The Bertz CT molecular complexity index is 504. The van der Waals surface area contributed by atoms with E-state index in [-0.39, 0.29) is 5.95 Å². The Morgan fingerprint density at radius 2 is 2.24 bits per heavy atom. The summed E-state index contributed by atoms with van der Waals surface area (Å²) >= 11 is 0. The fraction of sp³-hybridized carbons (Fsp3) is 0.364. The third-order valence-corrected chi connectivity index (χ3v) is 2.41. The number of nitrogen functional groups attached to an aromatic ring is 1. The van der Waals surface area contributed by atoms with Gasteiger partial charge in [0.1, 0.15) is 5.82 Å². The van der Waals surface area contributed by atoms with Gasteiger partial charge in [0.2, 0.25) is 5.95 Å². The van der Waals surface area contributed by atoms with Crippen LogP contribution in [0.5, 0.6) is 0 Å². The number of aromatic nitrogens is 4. The zero-order valence-electron chi connectivity index (χ0n) is 10.0. The first-order valence-electron chi connectivity index (χ1n) is 5.59. The molecule has 2 heterocycles.